The van der Waals surface area contributed by atoms with E-state index in [1.54, 1.807) is 11.0 Å². The van der Waals surface area contributed by atoms with Gasteiger partial charge in [-0.1, -0.05) is 25.9 Å². The van der Waals surface area contributed by atoms with E-state index in [4.69, 9.17) is 4.52 Å². The molecular weight excluding hydrogens is 306 g/mol. The average molecular weight is 333 g/mol. The summed E-state index contributed by atoms with van der Waals surface area (Å²) in [6.45, 7) is 8.17. The van der Waals surface area contributed by atoms with Crippen LogP contribution >= 0.6 is 0 Å². The van der Waals surface area contributed by atoms with Gasteiger partial charge in [-0.15, -0.1) is 0 Å². The summed E-state index contributed by atoms with van der Waals surface area (Å²) in [4.78, 5) is 29.1. The standard InChI is InChI=1S/C18H27N3O3/c1-4-7-21-15-6-5-13(17(21)22)10-20(11-15)18(23)16-9-14(19-24-16)8-12(2)3/h9,12-13,15H,4-8,10-11H2,1-3H3. The Balaban J connectivity index is 1.74. The van der Waals surface area contributed by atoms with Crippen LogP contribution in [0, 0.1) is 11.8 Å². The topological polar surface area (TPSA) is 66.7 Å². The van der Waals surface area contributed by atoms with E-state index in [-0.39, 0.29) is 23.8 Å². The highest BCUT2D eigenvalue weighted by atomic mass is 16.5. The fraction of sp³-hybridized carbons (Fsp3) is 0.722. The van der Waals surface area contributed by atoms with Crippen molar-refractivity contribution < 1.29 is 14.1 Å². The number of fused-ring (bicyclic) bond motifs is 4. The third-order valence-corrected chi connectivity index (χ3v) is 4.93. The number of hydrogen-bond donors (Lipinski definition) is 0. The SMILES string of the molecule is CCCN1C(=O)C2CCC1CN(C(=O)c1cc(CC(C)C)no1)C2. The number of amides is 2. The molecule has 3 aliphatic heterocycles. The van der Waals surface area contributed by atoms with Crippen molar-refractivity contribution in [3.05, 3.63) is 17.5 Å². The molecule has 132 valence electrons. The van der Waals surface area contributed by atoms with Crippen LogP contribution in [0.5, 0.6) is 0 Å². The maximum Gasteiger partial charge on any atom is 0.292 e. The van der Waals surface area contributed by atoms with Gasteiger partial charge in [0, 0.05) is 31.7 Å². The molecule has 2 atom stereocenters. The van der Waals surface area contributed by atoms with Crippen molar-refractivity contribution in [2.45, 2.75) is 52.5 Å². The summed E-state index contributed by atoms with van der Waals surface area (Å²) in [6.07, 6.45) is 3.60. The molecule has 0 saturated carbocycles. The molecule has 6 nitrogen and oxygen atoms in total. The molecule has 3 fully saturated rings. The lowest BCUT2D eigenvalue weighted by molar-refractivity contribution is -0.139. The second-order valence-corrected chi connectivity index (χ2v) is 7.45. The minimum Gasteiger partial charge on any atom is -0.351 e. The highest BCUT2D eigenvalue weighted by Gasteiger charge is 2.42. The Kier molecular flexibility index (Phi) is 4.92. The summed E-state index contributed by atoms with van der Waals surface area (Å²) in [7, 11) is 0. The van der Waals surface area contributed by atoms with Crippen molar-refractivity contribution in [3.8, 4) is 0 Å². The molecule has 0 spiro atoms. The molecular formula is C18H27N3O3. The minimum absolute atomic E-state index is 0.0719. The molecule has 2 unspecified atom stereocenters. The first-order valence-corrected chi connectivity index (χ1v) is 9.05. The van der Waals surface area contributed by atoms with Gasteiger partial charge in [-0.05, 0) is 31.6 Å². The predicted octanol–water partition coefficient (Wildman–Crippen LogP) is 2.35. The number of aromatic nitrogens is 1. The summed E-state index contributed by atoms with van der Waals surface area (Å²) in [5, 5.41) is 4.01. The summed E-state index contributed by atoms with van der Waals surface area (Å²) in [5.74, 6) is 0.757. The molecule has 0 aliphatic carbocycles. The Morgan fingerprint density at radius 1 is 1.38 bits per heavy atom. The van der Waals surface area contributed by atoms with Crippen molar-refractivity contribution >= 4 is 11.8 Å². The minimum atomic E-state index is -0.138. The van der Waals surface area contributed by atoms with Crippen LogP contribution in [0.3, 0.4) is 0 Å². The number of carbonyl (C=O) groups excluding carboxylic acids is 2. The van der Waals surface area contributed by atoms with E-state index in [0.29, 0.717) is 24.8 Å². The number of piperidine rings is 1. The Morgan fingerprint density at radius 3 is 2.88 bits per heavy atom. The van der Waals surface area contributed by atoms with E-state index < -0.39 is 0 Å². The maximum absolute atomic E-state index is 12.8. The average Bonchev–Trinajstić information content (AvgIpc) is 2.82. The molecule has 4 heterocycles. The lowest BCUT2D eigenvalue weighted by atomic mass is 9.94. The van der Waals surface area contributed by atoms with Crippen LogP contribution in [0.4, 0.5) is 0 Å². The van der Waals surface area contributed by atoms with Crippen molar-refractivity contribution in [2.75, 3.05) is 19.6 Å². The predicted molar refractivity (Wildman–Crippen MR) is 89.5 cm³/mol. The molecule has 4 rings (SSSR count). The summed E-state index contributed by atoms with van der Waals surface area (Å²) >= 11 is 0. The Bertz CT molecular complexity index is 610. The van der Waals surface area contributed by atoms with Gasteiger partial charge < -0.3 is 14.3 Å². The zero-order chi connectivity index (χ0) is 17.3. The molecule has 1 aromatic heterocycles. The Hall–Kier alpha value is -1.85. The molecule has 3 saturated heterocycles. The van der Waals surface area contributed by atoms with E-state index in [1.807, 2.05) is 4.90 Å². The number of hydrogen-bond acceptors (Lipinski definition) is 4. The van der Waals surface area contributed by atoms with Crippen LogP contribution in [0.15, 0.2) is 10.6 Å². The molecule has 1 aromatic rings. The van der Waals surface area contributed by atoms with Crippen LogP contribution in [0.2, 0.25) is 0 Å². The molecule has 0 radical (unpaired) electrons. The molecule has 24 heavy (non-hydrogen) atoms. The van der Waals surface area contributed by atoms with Gasteiger partial charge in [0.15, 0.2) is 0 Å². The van der Waals surface area contributed by atoms with E-state index in [9.17, 15) is 9.59 Å². The maximum atomic E-state index is 12.8. The van der Waals surface area contributed by atoms with Gasteiger partial charge in [0.2, 0.25) is 11.7 Å². The van der Waals surface area contributed by atoms with Crippen LogP contribution < -0.4 is 0 Å². The Morgan fingerprint density at radius 2 is 2.17 bits per heavy atom. The van der Waals surface area contributed by atoms with E-state index in [1.165, 1.54) is 0 Å². The zero-order valence-corrected chi connectivity index (χ0v) is 14.8. The highest BCUT2D eigenvalue weighted by Crippen LogP contribution is 2.30. The van der Waals surface area contributed by atoms with Gasteiger partial charge in [0.05, 0.1) is 11.6 Å². The third kappa shape index (κ3) is 3.32. The van der Waals surface area contributed by atoms with Crippen molar-refractivity contribution in [3.63, 3.8) is 0 Å². The molecule has 0 N–H and O–H groups in total. The number of carbonyl (C=O) groups is 2. The van der Waals surface area contributed by atoms with Crippen LogP contribution in [0.1, 0.15) is 56.3 Å². The second kappa shape index (κ2) is 6.95. The Labute approximate surface area is 143 Å². The summed E-state index contributed by atoms with van der Waals surface area (Å²) < 4.78 is 5.27. The fourth-order valence-corrected chi connectivity index (χ4v) is 3.82. The van der Waals surface area contributed by atoms with E-state index in [2.05, 4.69) is 25.9 Å². The van der Waals surface area contributed by atoms with Gasteiger partial charge in [-0.25, -0.2) is 0 Å². The first-order chi connectivity index (χ1) is 11.5. The molecule has 0 aromatic carbocycles. The molecule has 2 bridgehead atoms. The number of rotatable bonds is 5. The summed E-state index contributed by atoms with van der Waals surface area (Å²) in [5.41, 5.74) is 0.815. The quantitative estimate of drug-likeness (QED) is 0.829. The first kappa shape index (κ1) is 17.0. The van der Waals surface area contributed by atoms with Crippen molar-refractivity contribution in [1.82, 2.24) is 15.0 Å². The largest absolute Gasteiger partial charge is 0.351 e. The fourth-order valence-electron chi connectivity index (χ4n) is 3.82. The van der Waals surface area contributed by atoms with E-state index in [0.717, 1.165) is 37.9 Å². The van der Waals surface area contributed by atoms with Crippen molar-refractivity contribution in [2.24, 2.45) is 11.8 Å². The lowest BCUT2D eigenvalue weighted by Crippen LogP contribution is -2.48. The van der Waals surface area contributed by atoms with Gasteiger partial charge in [-0.2, -0.15) is 0 Å². The normalized spacial score (nSPS) is 23.9. The summed E-state index contributed by atoms with van der Waals surface area (Å²) in [6, 6.07) is 1.89. The monoisotopic (exact) mass is 333 g/mol. The van der Waals surface area contributed by atoms with Crippen LogP contribution in [-0.2, 0) is 11.2 Å². The van der Waals surface area contributed by atoms with Gasteiger partial charge in [-0.3, -0.25) is 9.59 Å². The third-order valence-electron chi connectivity index (χ3n) is 4.93. The molecule has 2 amide bonds. The van der Waals surface area contributed by atoms with Gasteiger partial charge >= 0.3 is 0 Å². The van der Waals surface area contributed by atoms with Crippen LogP contribution in [0.25, 0.3) is 0 Å². The van der Waals surface area contributed by atoms with Crippen molar-refractivity contribution in [1.29, 1.82) is 0 Å². The molecule has 3 aliphatic rings. The zero-order valence-electron chi connectivity index (χ0n) is 14.8. The second-order valence-electron chi connectivity index (χ2n) is 7.45. The van der Waals surface area contributed by atoms with Gasteiger partial charge in [0.25, 0.3) is 5.91 Å². The first-order valence-electron chi connectivity index (χ1n) is 9.05. The van der Waals surface area contributed by atoms with Crippen LogP contribution in [-0.4, -0.2) is 52.4 Å². The van der Waals surface area contributed by atoms with Gasteiger partial charge in [0.1, 0.15) is 0 Å². The van der Waals surface area contributed by atoms with E-state index >= 15 is 0 Å². The number of nitrogens with zero attached hydrogens (tertiary/aromatic N) is 3. The lowest BCUT2D eigenvalue weighted by Gasteiger charge is -2.35. The highest BCUT2D eigenvalue weighted by molar-refractivity contribution is 5.92. The smallest absolute Gasteiger partial charge is 0.292 e. The molecule has 6 heteroatoms.